The molecule has 0 saturated carbocycles. The summed E-state index contributed by atoms with van der Waals surface area (Å²) in [6, 6.07) is 8.12. The van der Waals surface area contributed by atoms with Crippen molar-refractivity contribution in [3.63, 3.8) is 0 Å². The second-order valence-corrected chi connectivity index (χ2v) is 5.05. The average molecular weight is 218 g/mol. The second kappa shape index (κ2) is 4.02. The zero-order valence-electron chi connectivity index (χ0n) is 9.86. The number of hydrogen-bond donors (Lipinski definition) is 1. The lowest BCUT2D eigenvalue weighted by molar-refractivity contribution is -0.124. The van der Waals surface area contributed by atoms with Gasteiger partial charge < -0.3 is 5.11 Å². The molecule has 1 atom stereocenters. The normalized spacial score (nSPS) is 22.9. The molecule has 86 valence electrons. The lowest BCUT2D eigenvalue weighted by atomic mass is 9.67. The van der Waals surface area contributed by atoms with Crippen molar-refractivity contribution in [3.05, 3.63) is 35.4 Å². The molecule has 0 aliphatic heterocycles. The molecule has 0 amide bonds. The minimum absolute atomic E-state index is 0.146. The maximum absolute atomic E-state index is 12.1. The maximum atomic E-state index is 12.1. The van der Waals surface area contributed by atoms with Gasteiger partial charge in [0.2, 0.25) is 0 Å². The van der Waals surface area contributed by atoms with E-state index in [1.165, 1.54) is 5.56 Å². The number of hydrogen-bond acceptors (Lipinski definition) is 2. The van der Waals surface area contributed by atoms with E-state index in [4.69, 9.17) is 5.11 Å². The maximum Gasteiger partial charge on any atom is 0.143 e. The lowest BCUT2D eigenvalue weighted by Crippen LogP contribution is -2.36. The van der Waals surface area contributed by atoms with Gasteiger partial charge in [0, 0.05) is 18.4 Å². The van der Waals surface area contributed by atoms with Crippen molar-refractivity contribution in [2.24, 2.45) is 0 Å². The van der Waals surface area contributed by atoms with Gasteiger partial charge in [0.1, 0.15) is 5.78 Å². The number of aliphatic hydroxyl groups is 1. The number of aliphatic hydroxyl groups excluding tert-OH is 1. The average Bonchev–Trinajstić information content (AvgIpc) is 2.27. The number of benzene rings is 1. The molecule has 0 heterocycles. The lowest BCUT2D eigenvalue weighted by Gasteiger charge is -2.35. The van der Waals surface area contributed by atoms with E-state index in [9.17, 15) is 4.79 Å². The number of fused-ring (bicyclic) bond motifs is 1. The number of Topliss-reactive ketones (excluding diaryl/α,β-unsaturated/α-hetero) is 1. The summed E-state index contributed by atoms with van der Waals surface area (Å²) < 4.78 is 0. The van der Waals surface area contributed by atoms with E-state index in [2.05, 4.69) is 6.07 Å². The third kappa shape index (κ3) is 1.67. The van der Waals surface area contributed by atoms with E-state index in [1.54, 1.807) is 0 Å². The fraction of sp³-hybridized carbons (Fsp3) is 0.500. The Morgan fingerprint density at radius 1 is 1.38 bits per heavy atom. The third-order valence-corrected chi connectivity index (χ3v) is 3.68. The number of ketones is 1. The van der Waals surface area contributed by atoms with E-state index in [1.807, 2.05) is 32.0 Å². The molecule has 0 fully saturated rings. The summed E-state index contributed by atoms with van der Waals surface area (Å²) in [7, 11) is 0. The van der Waals surface area contributed by atoms with Crippen molar-refractivity contribution < 1.29 is 9.90 Å². The van der Waals surface area contributed by atoms with E-state index < -0.39 is 0 Å². The molecule has 0 bridgehead atoms. The van der Waals surface area contributed by atoms with Crippen LogP contribution in [0.3, 0.4) is 0 Å². The monoisotopic (exact) mass is 218 g/mol. The Kier molecular flexibility index (Phi) is 2.85. The first-order valence-electron chi connectivity index (χ1n) is 5.81. The molecule has 0 spiro atoms. The van der Waals surface area contributed by atoms with Crippen molar-refractivity contribution in [2.45, 2.75) is 38.0 Å². The Labute approximate surface area is 96.3 Å². The smallest absolute Gasteiger partial charge is 0.143 e. The Morgan fingerprint density at radius 3 is 2.75 bits per heavy atom. The van der Waals surface area contributed by atoms with Crippen molar-refractivity contribution in [3.8, 4) is 0 Å². The SMILES string of the molecule is CC1(C)C(=O)CC(CCO)c2ccccc21. The van der Waals surface area contributed by atoms with Gasteiger partial charge in [0.05, 0.1) is 0 Å². The molecule has 1 aliphatic rings. The first kappa shape index (κ1) is 11.3. The predicted molar refractivity (Wildman–Crippen MR) is 63.5 cm³/mol. The molecule has 0 aromatic heterocycles. The Bertz CT molecular complexity index is 407. The number of carbonyl (C=O) groups is 1. The number of rotatable bonds is 2. The molecule has 0 radical (unpaired) electrons. The van der Waals surface area contributed by atoms with Crippen LogP contribution in [0, 0.1) is 0 Å². The summed E-state index contributed by atoms with van der Waals surface area (Å²) in [5, 5.41) is 9.05. The van der Waals surface area contributed by atoms with Gasteiger partial charge in [-0.3, -0.25) is 4.79 Å². The summed E-state index contributed by atoms with van der Waals surface area (Å²) in [6.07, 6.45) is 1.24. The molecule has 0 saturated heterocycles. The van der Waals surface area contributed by atoms with Crippen molar-refractivity contribution >= 4 is 5.78 Å². The van der Waals surface area contributed by atoms with Gasteiger partial charge >= 0.3 is 0 Å². The van der Waals surface area contributed by atoms with Crippen LogP contribution >= 0.6 is 0 Å². The summed E-state index contributed by atoms with van der Waals surface area (Å²) in [5.74, 6) is 0.478. The van der Waals surface area contributed by atoms with Crippen LogP contribution in [0.25, 0.3) is 0 Å². The molecule has 1 aromatic rings. The molecule has 2 heteroatoms. The zero-order chi connectivity index (χ0) is 11.8. The van der Waals surface area contributed by atoms with Gasteiger partial charge in [-0.05, 0) is 37.3 Å². The molecule has 2 rings (SSSR count). The largest absolute Gasteiger partial charge is 0.396 e. The summed E-state index contributed by atoms with van der Waals surface area (Å²) in [6.45, 7) is 4.12. The Hall–Kier alpha value is -1.15. The van der Waals surface area contributed by atoms with Crippen molar-refractivity contribution in [2.75, 3.05) is 6.61 Å². The minimum atomic E-state index is -0.372. The molecule has 16 heavy (non-hydrogen) atoms. The Morgan fingerprint density at radius 2 is 2.06 bits per heavy atom. The van der Waals surface area contributed by atoms with E-state index in [0.29, 0.717) is 12.8 Å². The number of carbonyl (C=O) groups excluding carboxylic acids is 1. The minimum Gasteiger partial charge on any atom is -0.396 e. The molecule has 1 aliphatic carbocycles. The van der Waals surface area contributed by atoms with Gasteiger partial charge in [-0.25, -0.2) is 0 Å². The van der Waals surface area contributed by atoms with Crippen LogP contribution in [-0.4, -0.2) is 17.5 Å². The van der Waals surface area contributed by atoms with Gasteiger partial charge in [-0.2, -0.15) is 0 Å². The third-order valence-electron chi connectivity index (χ3n) is 3.68. The summed E-state index contributed by atoms with van der Waals surface area (Å²) in [5.41, 5.74) is 1.99. The zero-order valence-corrected chi connectivity index (χ0v) is 9.86. The highest BCUT2D eigenvalue weighted by molar-refractivity contribution is 5.92. The molecule has 1 unspecified atom stereocenters. The van der Waals surface area contributed by atoms with Crippen LogP contribution in [0.1, 0.15) is 43.7 Å². The van der Waals surface area contributed by atoms with Gasteiger partial charge in [-0.15, -0.1) is 0 Å². The van der Waals surface area contributed by atoms with E-state index >= 15 is 0 Å². The van der Waals surface area contributed by atoms with Crippen molar-refractivity contribution in [1.82, 2.24) is 0 Å². The van der Waals surface area contributed by atoms with Crippen molar-refractivity contribution in [1.29, 1.82) is 0 Å². The topological polar surface area (TPSA) is 37.3 Å². The Balaban J connectivity index is 2.49. The van der Waals surface area contributed by atoms with Crippen LogP contribution in [0.2, 0.25) is 0 Å². The highest BCUT2D eigenvalue weighted by Crippen LogP contribution is 2.41. The molecule has 2 nitrogen and oxygen atoms in total. The van der Waals surface area contributed by atoms with Crippen LogP contribution in [0.15, 0.2) is 24.3 Å². The quantitative estimate of drug-likeness (QED) is 0.827. The van der Waals surface area contributed by atoms with Crippen LogP contribution in [0.4, 0.5) is 0 Å². The highest BCUT2D eigenvalue weighted by atomic mass is 16.3. The fourth-order valence-corrected chi connectivity index (χ4v) is 2.57. The standard InChI is InChI=1S/C14H18O2/c1-14(2)12-6-4-3-5-11(12)10(7-8-15)9-13(14)16/h3-6,10,15H,7-9H2,1-2H3. The first-order valence-corrected chi connectivity index (χ1v) is 5.81. The summed E-state index contributed by atoms with van der Waals surface area (Å²) >= 11 is 0. The van der Waals surface area contributed by atoms with Crippen LogP contribution in [0.5, 0.6) is 0 Å². The van der Waals surface area contributed by atoms with Gasteiger partial charge in [0.15, 0.2) is 0 Å². The highest BCUT2D eigenvalue weighted by Gasteiger charge is 2.38. The summed E-state index contributed by atoms with van der Waals surface area (Å²) in [4.78, 5) is 12.1. The molecular formula is C14H18O2. The molecular weight excluding hydrogens is 200 g/mol. The van der Waals surface area contributed by atoms with Crippen LogP contribution < -0.4 is 0 Å². The van der Waals surface area contributed by atoms with E-state index in [0.717, 1.165) is 5.56 Å². The second-order valence-electron chi connectivity index (χ2n) is 5.05. The van der Waals surface area contributed by atoms with E-state index in [-0.39, 0.29) is 23.7 Å². The van der Waals surface area contributed by atoms with Crippen LogP contribution in [-0.2, 0) is 10.2 Å². The fourth-order valence-electron chi connectivity index (χ4n) is 2.57. The molecule has 1 aromatic carbocycles. The first-order chi connectivity index (χ1) is 7.57. The van der Waals surface area contributed by atoms with Gasteiger partial charge in [0.25, 0.3) is 0 Å². The van der Waals surface area contributed by atoms with Gasteiger partial charge in [-0.1, -0.05) is 24.3 Å². The molecule has 1 N–H and O–H groups in total. The predicted octanol–water partition coefficient (Wildman–Crippen LogP) is 2.40.